The van der Waals surface area contributed by atoms with Gasteiger partial charge in [0, 0.05) is 12.3 Å². The van der Waals surface area contributed by atoms with Crippen LogP contribution in [0.4, 0.5) is 5.69 Å². The van der Waals surface area contributed by atoms with Gasteiger partial charge in [0.25, 0.3) is 5.88 Å². The number of aromatic nitrogens is 2. The summed E-state index contributed by atoms with van der Waals surface area (Å²) < 4.78 is 6.95. The van der Waals surface area contributed by atoms with Gasteiger partial charge in [0.15, 0.2) is 11.5 Å². The van der Waals surface area contributed by atoms with E-state index in [1.807, 2.05) is 24.4 Å². The maximum atomic E-state index is 11.6. The summed E-state index contributed by atoms with van der Waals surface area (Å²) in [6.07, 6.45) is 4.86. The maximum absolute atomic E-state index is 11.6. The zero-order chi connectivity index (χ0) is 15.0. The average Bonchev–Trinajstić information content (AvgIpc) is 2.83. The van der Waals surface area contributed by atoms with Crippen molar-refractivity contribution in [3.8, 4) is 5.88 Å². The first kappa shape index (κ1) is 13.1. The fourth-order valence-corrected chi connectivity index (χ4v) is 2.11. The quantitative estimate of drug-likeness (QED) is 0.851. The molecule has 2 aromatic rings. The van der Waals surface area contributed by atoms with Crippen LogP contribution >= 0.6 is 0 Å². The van der Waals surface area contributed by atoms with Crippen LogP contribution in [0.5, 0.6) is 5.88 Å². The van der Waals surface area contributed by atoms with E-state index in [2.05, 4.69) is 10.1 Å². The monoisotopic (exact) mass is 282 g/mol. The van der Waals surface area contributed by atoms with Gasteiger partial charge in [0.05, 0.1) is 24.0 Å². The Morgan fingerprint density at radius 2 is 2.14 bits per heavy atom. The number of hydrogen-bond acceptors (Lipinski definition) is 5. The molecule has 0 spiro atoms. The highest BCUT2D eigenvalue weighted by atomic mass is 16.5. The number of carbonyl (C=O) groups excluding carboxylic acids is 1. The van der Waals surface area contributed by atoms with E-state index in [4.69, 9.17) is 10.5 Å². The summed E-state index contributed by atoms with van der Waals surface area (Å²) in [5, 5.41) is 4.30. The van der Waals surface area contributed by atoms with E-state index in [-0.39, 0.29) is 5.78 Å². The Hall–Kier alpha value is -2.89. The van der Waals surface area contributed by atoms with Crippen LogP contribution in [0.25, 0.3) is 5.52 Å². The Morgan fingerprint density at radius 1 is 1.33 bits per heavy atom. The smallest absolute Gasteiger partial charge is 0.259 e. The summed E-state index contributed by atoms with van der Waals surface area (Å²) in [5.74, 6) is 0.308. The van der Waals surface area contributed by atoms with Crippen LogP contribution in [0.2, 0.25) is 0 Å². The van der Waals surface area contributed by atoms with Crippen LogP contribution < -0.4 is 10.5 Å². The van der Waals surface area contributed by atoms with Gasteiger partial charge < -0.3 is 10.5 Å². The number of nitrogens with zero attached hydrogens (tertiary/aromatic N) is 3. The molecule has 6 heteroatoms. The molecule has 0 unspecified atom stereocenters. The second kappa shape index (κ2) is 4.90. The van der Waals surface area contributed by atoms with Crippen LogP contribution in [-0.4, -0.2) is 28.2 Å². The van der Waals surface area contributed by atoms with E-state index in [1.54, 1.807) is 17.5 Å². The summed E-state index contributed by atoms with van der Waals surface area (Å²) in [6, 6.07) is 5.65. The fourth-order valence-electron chi connectivity index (χ4n) is 2.11. The third-order valence-corrected chi connectivity index (χ3v) is 3.23. The van der Waals surface area contributed by atoms with Gasteiger partial charge in [-0.2, -0.15) is 0 Å². The van der Waals surface area contributed by atoms with Crippen LogP contribution in [0, 0.1) is 0 Å². The minimum atomic E-state index is -0.0988. The van der Waals surface area contributed by atoms with Crippen molar-refractivity contribution in [2.45, 2.75) is 6.92 Å². The van der Waals surface area contributed by atoms with E-state index in [0.717, 1.165) is 5.52 Å². The highest BCUT2D eigenvalue weighted by Gasteiger charge is 2.17. The molecule has 2 aromatic heterocycles. The molecule has 3 rings (SSSR count). The molecule has 1 aliphatic rings. The lowest BCUT2D eigenvalue weighted by Crippen LogP contribution is -2.17. The number of nitrogens with two attached hydrogens (primary N) is 1. The van der Waals surface area contributed by atoms with Crippen LogP contribution in [-0.2, 0) is 4.79 Å². The number of rotatable bonds is 2. The third-order valence-electron chi connectivity index (χ3n) is 3.23. The zero-order valence-corrected chi connectivity index (χ0v) is 11.7. The van der Waals surface area contributed by atoms with Gasteiger partial charge in [-0.15, -0.1) is 5.10 Å². The first-order chi connectivity index (χ1) is 10.1. The van der Waals surface area contributed by atoms with Crippen molar-refractivity contribution in [3.05, 3.63) is 47.8 Å². The molecule has 0 saturated carbocycles. The second-order valence-corrected chi connectivity index (χ2v) is 4.68. The molecule has 0 atom stereocenters. The number of allylic oxidation sites excluding steroid dienone is 3. The van der Waals surface area contributed by atoms with E-state index in [0.29, 0.717) is 28.5 Å². The first-order valence-corrected chi connectivity index (χ1v) is 6.40. The normalized spacial score (nSPS) is 17.0. The minimum Gasteiger partial charge on any atom is -0.478 e. The van der Waals surface area contributed by atoms with Gasteiger partial charge >= 0.3 is 0 Å². The van der Waals surface area contributed by atoms with Crippen molar-refractivity contribution in [1.29, 1.82) is 0 Å². The van der Waals surface area contributed by atoms with Gasteiger partial charge in [-0.05, 0) is 30.7 Å². The lowest BCUT2D eigenvalue weighted by molar-refractivity contribution is -0.111. The highest BCUT2D eigenvalue weighted by molar-refractivity contribution is 6.22. The van der Waals surface area contributed by atoms with Crippen molar-refractivity contribution in [2.75, 3.05) is 7.11 Å². The molecule has 2 heterocycles. The van der Waals surface area contributed by atoms with E-state index >= 15 is 0 Å². The van der Waals surface area contributed by atoms with Gasteiger partial charge in [0.2, 0.25) is 0 Å². The van der Waals surface area contributed by atoms with Crippen molar-refractivity contribution in [1.82, 2.24) is 9.61 Å². The molecular weight excluding hydrogens is 268 g/mol. The second-order valence-electron chi connectivity index (χ2n) is 4.68. The number of hydrogen-bond donors (Lipinski definition) is 1. The molecule has 2 N–H and O–H groups in total. The van der Waals surface area contributed by atoms with Crippen LogP contribution in [0.3, 0.4) is 0 Å². The number of aliphatic imine (C=N–C) groups is 1. The van der Waals surface area contributed by atoms with Crippen molar-refractivity contribution in [3.63, 3.8) is 0 Å². The molecule has 6 nitrogen and oxygen atoms in total. The summed E-state index contributed by atoms with van der Waals surface area (Å²) in [6.45, 7) is 1.73. The molecule has 1 aliphatic carbocycles. The predicted octanol–water partition coefficient (Wildman–Crippen LogP) is 1.79. The average molecular weight is 282 g/mol. The van der Waals surface area contributed by atoms with Crippen LogP contribution in [0.15, 0.2) is 52.8 Å². The number of fused-ring (bicyclic) bond motifs is 1. The molecule has 106 valence electrons. The molecule has 0 amide bonds. The lowest BCUT2D eigenvalue weighted by Gasteiger charge is -2.09. The Kier molecular flexibility index (Phi) is 3.06. The van der Waals surface area contributed by atoms with Crippen molar-refractivity contribution >= 4 is 22.7 Å². The van der Waals surface area contributed by atoms with E-state index in [1.165, 1.54) is 13.2 Å². The summed E-state index contributed by atoms with van der Waals surface area (Å²) in [4.78, 5) is 16.1. The summed E-state index contributed by atoms with van der Waals surface area (Å²) in [5.41, 5.74) is 8.73. The topological polar surface area (TPSA) is 82.0 Å². The molecule has 0 fully saturated rings. The van der Waals surface area contributed by atoms with Gasteiger partial charge in [0.1, 0.15) is 0 Å². The van der Waals surface area contributed by atoms with Gasteiger partial charge in [-0.3, -0.25) is 4.79 Å². The molecule has 0 aliphatic heterocycles. The Balaban J connectivity index is 2.19. The van der Waals surface area contributed by atoms with Crippen LogP contribution in [0.1, 0.15) is 6.92 Å². The summed E-state index contributed by atoms with van der Waals surface area (Å²) >= 11 is 0. The maximum Gasteiger partial charge on any atom is 0.259 e. The standard InChI is InChI=1S/C15H14N4O2/c1-9-7-11(10(16)8-13(9)20)17-14-12-5-3-4-6-19(12)18-15(14)21-2/h3-8H,16H2,1-2H3. The molecule has 0 aromatic carbocycles. The van der Waals surface area contributed by atoms with Crippen molar-refractivity contribution in [2.24, 2.45) is 10.7 Å². The number of methoxy groups -OCH3 is 1. The molecule has 0 radical (unpaired) electrons. The number of carbonyl (C=O) groups is 1. The third kappa shape index (κ3) is 2.20. The molecule has 0 saturated heterocycles. The zero-order valence-electron chi connectivity index (χ0n) is 11.7. The largest absolute Gasteiger partial charge is 0.478 e. The highest BCUT2D eigenvalue weighted by Crippen LogP contribution is 2.32. The summed E-state index contributed by atoms with van der Waals surface area (Å²) in [7, 11) is 1.54. The Labute approximate surface area is 121 Å². The van der Waals surface area contributed by atoms with E-state index in [9.17, 15) is 4.79 Å². The number of pyridine rings is 1. The first-order valence-electron chi connectivity index (χ1n) is 6.40. The van der Waals surface area contributed by atoms with E-state index < -0.39 is 0 Å². The van der Waals surface area contributed by atoms with Gasteiger partial charge in [-0.25, -0.2) is 9.51 Å². The lowest BCUT2D eigenvalue weighted by atomic mass is 10.0. The number of ether oxygens (including phenoxy) is 1. The fraction of sp³-hybridized carbons (Fsp3) is 0.133. The molecule has 21 heavy (non-hydrogen) atoms. The Bertz CT molecular complexity index is 827. The SMILES string of the molecule is COc1nn2ccccc2c1N=C1C=C(C)C(=O)C=C1N. The van der Waals surface area contributed by atoms with Crippen molar-refractivity contribution < 1.29 is 9.53 Å². The number of ketones is 1. The Morgan fingerprint density at radius 3 is 2.90 bits per heavy atom. The molecular formula is C15H14N4O2. The predicted molar refractivity (Wildman–Crippen MR) is 79.9 cm³/mol. The van der Waals surface area contributed by atoms with Gasteiger partial charge in [-0.1, -0.05) is 6.07 Å². The molecule has 0 bridgehead atoms. The minimum absolute atomic E-state index is 0.0988.